The van der Waals surface area contributed by atoms with Crippen molar-refractivity contribution in [3.8, 4) is 22.6 Å². The number of fused-ring (bicyclic) bond motifs is 1. The lowest BCUT2D eigenvalue weighted by Crippen LogP contribution is -2.11. The number of aryl methyl sites for hydroxylation is 3. The van der Waals surface area contributed by atoms with E-state index in [1.54, 1.807) is 10.7 Å². The van der Waals surface area contributed by atoms with Gasteiger partial charge in [0.25, 0.3) is 0 Å². The number of alkyl halides is 3. The average Bonchev–Trinajstić information content (AvgIpc) is 3.48. The fourth-order valence-corrected chi connectivity index (χ4v) is 5.35. The number of hydrogen-bond donors (Lipinski definition) is 1. The van der Waals surface area contributed by atoms with Gasteiger partial charge in [-0.2, -0.15) is 23.4 Å². The number of anilines is 1. The van der Waals surface area contributed by atoms with Gasteiger partial charge in [0.1, 0.15) is 11.5 Å². The molecule has 0 radical (unpaired) electrons. The first-order valence-corrected chi connectivity index (χ1v) is 14.5. The zero-order chi connectivity index (χ0) is 31.1. The fraction of sp³-hybridized carbons (Fsp3) is 0.387. The van der Waals surface area contributed by atoms with Crippen LogP contribution in [0.1, 0.15) is 68.6 Å². The van der Waals surface area contributed by atoms with E-state index in [9.17, 15) is 13.2 Å². The number of nitrogens with zero attached hydrogens (tertiary/aromatic N) is 8. The number of benzene rings is 1. The number of imidazole rings is 1. The van der Waals surface area contributed by atoms with E-state index in [-0.39, 0.29) is 5.82 Å². The molecule has 4 heterocycles. The van der Waals surface area contributed by atoms with Gasteiger partial charge in [0.15, 0.2) is 11.5 Å². The first-order chi connectivity index (χ1) is 20.5. The molecule has 1 aromatic carbocycles. The molecule has 0 amide bonds. The van der Waals surface area contributed by atoms with E-state index in [0.29, 0.717) is 22.8 Å². The molecule has 0 bridgehead atoms. The molecule has 0 aliphatic heterocycles. The van der Waals surface area contributed by atoms with E-state index in [1.807, 2.05) is 46.3 Å². The van der Waals surface area contributed by atoms with Crippen LogP contribution in [0.25, 0.3) is 33.7 Å². The van der Waals surface area contributed by atoms with Crippen LogP contribution in [0.5, 0.6) is 0 Å². The second-order valence-electron chi connectivity index (χ2n) is 10.5. The van der Waals surface area contributed by atoms with Crippen LogP contribution in [0.2, 0.25) is 0 Å². The lowest BCUT2D eigenvalue weighted by atomic mass is 10.0. The van der Waals surface area contributed by atoms with Crippen LogP contribution < -0.4 is 5.73 Å². The summed E-state index contributed by atoms with van der Waals surface area (Å²) in [6.45, 7) is 6.12. The van der Waals surface area contributed by atoms with Crippen molar-refractivity contribution in [3.63, 3.8) is 0 Å². The minimum Gasteiger partial charge on any atom is -0.398 e. The molecule has 9 nitrogen and oxygen atoms in total. The fourth-order valence-electron chi connectivity index (χ4n) is 5.35. The van der Waals surface area contributed by atoms with Crippen molar-refractivity contribution >= 4 is 28.8 Å². The molecule has 0 saturated heterocycles. The molecule has 0 spiro atoms. The second kappa shape index (κ2) is 11.7. The van der Waals surface area contributed by atoms with Crippen LogP contribution in [0, 0.1) is 0 Å². The van der Waals surface area contributed by atoms with Crippen molar-refractivity contribution in [2.24, 2.45) is 26.1 Å². The van der Waals surface area contributed by atoms with Crippen LogP contribution >= 0.6 is 0 Å². The summed E-state index contributed by atoms with van der Waals surface area (Å²) in [6, 6.07) is 8.53. The maximum Gasteiger partial charge on any atom is 0.433 e. The number of halogens is 3. The monoisotopic (exact) mass is 591 g/mol. The molecule has 1 aliphatic rings. The molecule has 6 rings (SSSR count). The summed E-state index contributed by atoms with van der Waals surface area (Å²) in [5, 5.41) is 9.34. The van der Waals surface area contributed by atoms with Gasteiger partial charge >= 0.3 is 6.18 Å². The Morgan fingerprint density at radius 2 is 1.79 bits per heavy atom. The molecule has 0 atom stereocenters. The minimum absolute atomic E-state index is 0.0572. The lowest BCUT2D eigenvalue weighted by molar-refractivity contribution is -0.143. The van der Waals surface area contributed by atoms with E-state index in [0.717, 1.165) is 75.9 Å². The Labute approximate surface area is 248 Å². The summed E-state index contributed by atoms with van der Waals surface area (Å²) in [5.74, 6) is 1.09. The van der Waals surface area contributed by atoms with Gasteiger partial charge < -0.3 is 10.3 Å². The first-order valence-electron chi connectivity index (χ1n) is 14.5. The summed E-state index contributed by atoms with van der Waals surface area (Å²) < 4.78 is 44.6. The van der Waals surface area contributed by atoms with Crippen molar-refractivity contribution in [3.05, 3.63) is 59.2 Å². The van der Waals surface area contributed by atoms with Gasteiger partial charge in [0.2, 0.25) is 0 Å². The van der Waals surface area contributed by atoms with E-state index < -0.39 is 11.9 Å². The molecule has 4 aromatic heterocycles. The summed E-state index contributed by atoms with van der Waals surface area (Å²) in [6.07, 6.45) is 2.69. The highest BCUT2D eigenvalue weighted by molar-refractivity contribution is 5.97. The molecular formula is C31H36F3N9. The molecule has 5 aromatic rings. The number of rotatable bonds is 7. The zero-order valence-electron chi connectivity index (χ0n) is 25.2. The largest absolute Gasteiger partial charge is 0.433 e. The predicted molar refractivity (Wildman–Crippen MR) is 163 cm³/mol. The van der Waals surface area contributed by atoms with Gasteiger partial charge in [0, 0.05) is 79.0 Å². The molecule has 43 heavy (non-hydrogen) atoms. The average molecular weight is 592 g/mol. The first kappa shape index (κ1) is 30.0. The van der Waals surface area contributed by atoms with E-state index in [2.05, 4.69) is 32.7 Å². The van der Waals surface area contributed by atoms with Crippen LogP contribution in [0.3, 0.4) is 0 Å². The summed E-state index contributed by atoms with van der Waals surface area (Å²) in [5.41, 5.74) is 11.8. The van der Waals surface area contributed by atoms with Gasteiger partial charge in [0.05, 0.1) is 11.4 Å². The van der Waals surface area contributed by atoms with Crippen molar-refractivity contribution in [2.75, 3.05) is 5.73 Å². The van der Waals surface area contributed by atoms with Crippen molar-refractivity contribution < 1.29 is 13.2 Å². The van der Waals surface area contributed by atoms with Crippen molar-refractivity contribution in [1.82, 2.24) is 34.1 Å². The number of aliphatic imine (C=N–C) groups is 1. The third kappa shape index (κ3) is 5.78. The normalized spacial score (nSPS) is 13.6. The third-order valence-corrected chi connectivity index (χ3v) is 7.40. The van der Waals surface area contributed by atoms with Gasteiger partial charge in [-0.15, -0.1) is 0 Å². The Kier molecular flexibility index (Phi) is 8.13. The van der Waals surface area contributed by atoms with Gasteiger partial charge in [-0.05, 0) is 31.4 Å². The maximum absolute atomic E-state index is 13.3. The van der Waals surface area contributed by atoms with Crippen LogP contribution in [-0.4, -0.2) is 40.3 Å². The molecule has 1 aliphatic carbocycles. The summed E-state index contributed by atoms with van der Waals surface area (Å²) >= 11 is 0. The SMILES string of the molecule is CC.CCCc1nc2nn(C)cc2cc1-c1nc(-c2cccc(N)c2C=Nc2cc(C(F)(F)F)n(C)n2)c(C2CC2)n1C. The van der Waals surface area contributed by atoms with Crippen molar-refractivity contribution in [2.45, 2.75) is 58.5 Å². The highest BCUT2D eigenvalue weighted by atomic mass is 19.4. The number of hydrogen-bond acceptors (Lipinski definition) is 6. The Hall–Kier alpha value is -4.48. The molecule has 2 N–H and O–H groups in total. The quantitative estimate of drug-likeness (QED) is 0.162. The predicted octanol–water partition coefficient (Wildman–Crippen LogP) is 6.98. The number of nitrogen functional groups attached to an aromatic ring is 1. The second-order valence-corrected chi connectivity index (χ2v) is 10.5. The molecular weight excluding hydrogens is 555 g/mol. The number of pyridine rings is 1. The third-order valence-electron chi connectivity index (χ3n) is 7.40. The molecule has 12 heteroatoms. The highest BCUT2D eigenvalue weighted by Gasteiger charge is 2.35. The number of nitrogens with two attached hydrogens (primary N) is 1. The molecule has 0 unspecified atom stereocenters. The van der Waals surface area contributed by atoms with Crippen LogP contribution in [0.4, 0.5) is 24.7 Å². The minimum atomic E-state index is -4.53. The standard InChI is InChI=1S/C29H30F3N9.C2H6/c1-5-7-22-19(12-17-15-39(2)38-27(17)35-22)28-36-25(26(40(28)3)16-10-11-16)18-8-6-9-21(33)20(18)14-34-24-13-23(29(30,31)32)41(4)37-24;1-2/h6,8-9,12-16H,5,7,10-11,33H2,1-4H3;1-2H3. The molecule has 1 fully saturated rings. The van der Waals surface area contributed by atoms with Gasteiger partial charge in [-0.3, -0.25) is 9.36 Å². The van der Waals surface area contributed by atoms with Gasteiger partial charge in [-0.25, -0.2) is 15.0 Å². The lowest BCUT2D eigenvalue weighted by Gasteiger charge is -2.10. The Bertz CT molecular complexity index is 1800. The van der Waals surface area contributed by atoms with Crippen LogP contribution in [0.15, 0.2) is 41.5 Å². The highest BCUT2D eigenvalue weighted by Crippen LogP contribution is 2.47. The Balaban J connectivity index is 0.00000180. The van der Waals surface area contributed by atoms with Crippen molar-refractivity contribution in [1.29, 1.82) is 0 Å². The van der Waals surface area contributed by atoms with E-state index in [4.69, 9.17) is 15.7 Å². The maximum atomic E-state index is 13.3. The van der Waals surface area contributed by atoms with Crippen LogP contribution in [-0.2, 0) is 33.7 Å². The topological polar surface area (TPSA) is 105 Å². The smallest absolute Gasteiger partial charge is 0.398 e. The molecule has 226 valence electrons. The summed E-state index contributed by atoms with van der Waals surface area (Å²) in [4.78, 5) is 14.3. The van der Waals surface area contributed by atoms with Gasteiger partial charge in [-0.1, -0.05) is 39.3 Å². The zero-order valence-corrected chi connectivity index (χ0v) is 25.2. The number of aromatic nitrogens is 7. The molecule has 1 saturated carbocycles. The van der Waals surface area contributed by atoms with E-state index in [1.165, 1.54) is 13.3 Å². The Morgan fingerprint density at radius 1 is 1.05 bits per heavy atom. The summed E-state index contributed by atoms with van der Waals surface area (Å²) in [7, 11) is 5.14. The Morgan fingerprint density at radius 3 is 2.44 bits per heavy atom. The van der Waals surface area contributed by atoms with E-state index >= 15 is 0 Å².